The van der Waals surface area contributed by atoms with Gasteiger partial charge in [-0.2, -0.15) is 0 Å². The second-order valence-electron chi connectivity index (χ2n) is 7.66. The number of amides is 1. The third-order valence-electron chi connectivity index (χ3n) is 5.91. The van der Waals surface area contributed by atoms with Gasteiger partial charge in [-0.25, -0.2) is 0 Å². The van der Waals surface area contributed by atoms with Gasteiger partial charge in [0.2, 0.25) is 5.91 Å². The van der Waals surface area contributed by atoms with Crippen LogP contribution in [0.4, 0.5) is 11.5 Å². The molecule has 0 saturated carbocycles. The summed E-state index contributed by atoms with van der Waals surface area (Å²) in [4.78, 5) is 17.6. The number of para-hydroxylation sites is 1. The van der Waals surface area contributed by atoms with Crippen LogP contribution in [0.25, 0.3) is 5.65 Å². The van der Waals surface area contributed by atoms with Crippen LogP contribution in [-0.2, 0) is 11.2 Å². The van der Waals surface area contributed by atoms with Gasteiger partial charge in [-0.15, -0.1) is 14.8 Å². The molecule has 5 rings (SSSR count). The van der Waals surface area contributed by atoms with Gasteiger partial charge in [0.05, 0.1) is 0 Å². The number of hydrogen-bond donors (Lipinski definition) is 0. The molecule has 28 heavy (non-hydrogen) atoms. The van der Waals surface area contributed by atoms with E-state index in [1.54, 1.807) is 0 Å². The second-order valence-corrected chi connectivity index (χ2v) is 7.66. The highest BCUT2D eigenvalue weighted by Gasteiger charge is 2.32. The molecule has 0 radical (unpaired) electrons. The van der Waals surface area contributed by atoms with Gasteiger partial charge in [-0.3, -0.25) is 4.79 Å². The summed E-state index contributed by atoms with van der Waals surface area (Å²) in [5, 5.41) is 15.9. The average Bonchev–Trinajstić information content (AvgIpc) is 3.21. The Balaban J connectivity index is 1.30. The van der Waals surface area contributed by atoms with E-state index in [1.165, 1.54) is 15.8 Å². The minimum Gasteiger partial charge on any atom is -0.355 e. The molecule has 1 aromatic carbocycles. The summed E-state index contributed by atoms with van der Waals surface area (Å²) >= 11 is 0. The summed E-state index contributed by atoms with van der Waals surface area (Å²) in [7, 11) is 0. The molecule has 2 aliphatic heterocycles. The molecule has 0 unspecified atom stereocenters. The molecule has 3 aromatic rings. The number of piperidine rings is 1. The first-order valence-electron chi connectivity index (χ1n) is 9.91. The normalized spacial score (nSPS) is 17.8. The van der Waals surface area contributed by atoms with Crippen LogP contribution in [0, 0.1) is 12.8 Å². The molecule has 4 heterocycles. The minimum absolute atomic E-state index is 0.0681. The third kappa shape index (κ3) is 2.89. The Hall–Kier alpha value is -3.03. The van der Waals surface area contributed by atoms with Crippen LogP contribution in [0.5, 0.6) is 0 Å². The van der Waals surface area contributed by atoms with Gasteiger partial charge in [0.25, 0.3) is 0 Å². The summed E-state index contributed by atoms with van der Waals surface area (Å²) in [5.74, 6) is 1.20. The number of aromatic nitrogens is 5. The molecule has 0 N–H and O–H groups in total. The maximum Gasteiger partial charge on any atom is 0.230 e. The lowest BCUT2D eigenvalue weighted by Crippen LogP contribution is -2.45. The van der Waals surface area contributed by atoms with Crippen LogP contribution in [0.15, 0.2) is 30.3 Å². The van der Waals surface area contributed by atoms with Crippen LogP contribution >= 0.6 is 0 Å². The zero-order valence-corrected chi connectivity index (χ0v) is 16.0. The molecule has 1 fully saturated rings. The van der Waals surface area contributed by atoms with Crippen molar-refractivity contribution < 1.29 is 4.79 Å². The quantitative estimate of drug-likeness (QED) is 0.680. The summed E-state index contributed by atoms with van der Waals surface area (Å²) in [6, 6.07) is 10.2. The zero-order valence-electron chi connectivity index (χ0n) is 16.0. The van der Waals surface area contributed by atoms with Crippen molar-refractivity contribution in [1.29, 1.82) is 0 Å². The van der Waals surface area contributed by atoms with Crippen molar-refractivity contribution in [1.82, 2.24) is 25.3 Å². The maximum absolute atomic E-state index is 13.3. The van der Waals surface area contributed by atoms with Crippen molar-refractivity contribution >= 4 is 23.1 Å². The van der Waals surface area contributed by atoms with Crippen LogP contribution in [-0.4, -0.2) is 50.8 Å². The first kappa shape index (κ1) is 17.1. The second kappa shape index (κ2) is 6.85. The van der Waals surface area contributed by atoms with Gasteiger partial charge in [0, 0.05) is 31.2 Å². The zero-order chi connectivity index (χ0) is 19.1. The van der Waals surface area contributed by atoms with Crippen LogP contribution in [0.2, 0.25) is 0 Å². The van der Waals surface area contributed by atoms with Gasteiger partial charge in [-0.05, 0) is 66.3 Å². The van der Waals surface area contributed by atoms with E-state index in [-0.39, 0.29) is 11.8 Å². The standard InChI is InChI=1S/C20H23N7O/c1-14-4-2-5-15-6-3-11-26(19(14)15)20(28)16-9-12-25(13-10-16)18-8-7-17-21-23-24-27(17)22-18/h2,4-5,7-8,16H,3,6,9-13H2,1H3. The van der Waals surface area contributed by atoms with E-state index in [2.05, 4.69) is 50.6 Å². The van der Waals surface area contributed by atoms with Gasteiger partial charge in [0.15, 0.2) is 11.5 Å². The molecule has 1 saturated heterocycles. The van der Waals surface area contributed by atoms with Crippen LogP contribution in [0.1, 0.15) is 30.4 Å². The predicted molar refractivity (Wildman–Crippen MR) is 105 cm³/mol. The molecule has 8 nitrogen and oxygen atoms in total. The lowest BCUT2D eigenvalue weighted by atomic mass is 9.92. The summed E-state index contributed by atoms with van der Waals surface area (Å²) in [6.45, 7) is 4.55. The monoisotopic (exact) mass is 377 g/mol. The van der Waals surface area contributed by atoms with Crippen molar-refractivity contribution in [2.75, 3.05) is 29.4 Å². The molecule has 144 valence electrons. The highest BCUT2D eigenvalue weighted by molar-refractivity contribution is 5.97. The van der Waals surface area contributed by atoms with E-state index >= 15 is 0 Å². The Morgan fingerprint density at radius 1 is 1.11 bits per heavy atom. The van der Waals surface area contributed by atoms with Crippen molar-refractivity contribution in [2.45, 2.75) is 32.6 Å². The van der Waals surface area contributed by atoms with E-state index < -0.39 is 0 Å². The molecule has 0 aliphatic carbocycles. The molecule has 2 aliphatic rings. The predicted octanol–water partition coefficient (Wildman–Crippen LogP) is 2.02. The molecular weight excluding hydrogens is 354 g/mol. The molecule has 2 aromatic heterocycles. The number of benzene rings is 1. The SMILES string of the molecule is Cc1cccc2c1N(C(=O)C1CCN(c3ccc4nnnn4n3)CC1)CCC2. The topological polar surface area (TPSA) is 79.5 Å². The fourth-order valence-corrected chi connectivity index (χ4v) is 4.45. The molecule has 1 amide bonds. The summed E-state index contributed by atoms with van der Waals surface area (Å²) in [5.41, 5.74) is 4.28. The smallest absolute Gasteiger partial charge is 0.230 e. The minimum atomic E-state index is 0.0681. The van der Waals surface area contributed by atoms with E-state index in [0.29, 0.717) is 5.65 Å². The Labute approximate surface area is 163 Å². The van der Waals surface area contributed by atoms with Crippen LogP contribution in [0.3, 0.4) is 0 Å². The highest BCUT2D eigenvalue weighted by Crippen LogP contribution is 2.33. The molecular formula is C20H23N7O. The first-order chi connectivity index (χ1) is 13.7. The molecule has 0 atom stereocenters. The summed E-state index contributed by atoms with van der Waals surface area (Å²) < 4.78 is 1.44. The van der Waals surface area contributed by atoms with Crippen molar-refractivity contribution in [3.63, 3.8) is 0 Å². The molecule has 8 heteroatoms. The number of fused-ring (bicyclic) bond motifs is 2. The lowest BCUT2D eigenvalue weighted by Gasteiger charge is -2.37. The summed E-state index contributed by atoms with van der Waals surface area (Å²) in [6.07, 6.45) is 3.78. The lowest BCUT2D eigenvalue weighted by molar-refractivity contribution is -0.123. The maximum atomic E-state index is 13.3. The van der Waals surface area contributed by atoms with Gasteiger partial charge in [0.1, 0.15) is 0 Å². The third-order valence-corrected chi connectivity index (χ3v) is 5.91. The van der Waals surface area contributed by atoms with Crippen LogP contribution < -0.4 is 9.80 Å². The average molecular weight is 377 g/mol. The Morgan fingerprint density at radius 3 is 2.82 bits per heavy atom. The highest BCUT2D eigenvalue weighted by atomic mass is 16.2. The number of carbonyl (C=O) groups is 1. The number of carbonyl (C=O) groups excluding carboxylic acids is 1. The molecule has 0 spiro atoms. The first-order valence-corrected chi connectivity index (χ1v) is 9.91. The number of tetrazole rings is 1. The van der Waals surface area contributed by atoms with E-state index in [1.807, 2.05) is 17.0 Å². The molecule has 0 bridgehead atoms. The van der Waals surface area contributed by atoms with E-state index in [9.17, 15) is 4.79 Å². The number of rotatable bonds is 2. The number of aryl methyl sites for hydroxylation is 2. The fourth-order valence-electron chi connectivity index (χ4n) is 4.45. The Morgan fingerprint density at radius 2 is 1.96 bits per heavy atom. The fraction of sp³-hybridized carbons (Fsp3) is 0.450. The Kier molecular flexibility index (Phi) is 4.18. The van der Waals surface area contributed by atoms with Crippen molar-refractivity contribution in [3.8, 4) is 0 Å². The van der Waals surface area contributed by atoms with Crippen molar-refractivity contribution in [2.24, 2.45) is 5.92 Å². The largest absolute Gasteiger partial charge is 0.355 e. The van der Waals surface area contributed by atoms with Gasteiger partial charge < -0.3 is 9.80 Å². The van der Waals surface area contributed by atoms with E-state index in [0.717, 1.165) is 56.8 Å². The van der Waals surface area contributed by atoms with Crippen molar-refractivity contribution in [3.05, 3.63) is 41.5 Å². The van der Waals surface area contributed by atoms with Gasteiger partial charge >= 0.3 is 0 Å². The van der Waals surface area contributed by atoms with E-state index in [4.69, 9.17) is 0 Å². The number of hydrogen-bond acceptors (Lipinski definition) is 6. The Bertz CT molecular complexity index is 1020. The number of anilines is 2. The number of nitrogens with zero attached hydrogens (tertiary/aromatic N) is 7. The van der Waals surface area contributed by atoms with Gasteiger partial charge in [-0.1, -0.05) is 18.2 Å².